The average molecular weight is 360 g/mol. The minimum atomic E-state index is -0.147. The standard InChI is InChI=1S/C20H22ClNO3/c1-2-13-25-18-9-5-16(6-10-18)19(23)11-12-20(24)22-14-15-3-7-17(21)8-4-15/h3-10H,2,11-14H2,1H3,(H,22,24). The lowest BCUT2D eigenvalue weighted by Crippen LogP contribution is -2.23. The fourth-order valence-electron chi connectivity index (χ4n) is 2.22. The molecular formula is C20H22ClNO3. The monoisotopic (exact) mass is 359 g/mol. The van der Waals surface area contributed by atoms with Crippen molar-refractivity contribution in [3.8, 4) is 5.75 Å². The number of hydrogen-bond donors (Lipinski definition) is 1. The Bertz CT molecular complexity index is 696. The highest BCUT2D eigenvalue weighted by molar-refractivity contribution is 6.30. The van der Waals surface area contributed by atoms with Gasteiger partial charge in [0, 0.05) is 30.0 Å². The minimum Gasteiger partial charge on any atom is -0.494 e. The van der Waals surface area contributed by atoms with Crippen molar-refractivity contribution in [2.24, 2.45) is 0 Å². The summed E-state index contributed by atoms with van der Waals surface area (Å²) in [6.45, 7) is 3.12. The highest BCUT2D eigenvalue weighted by Gasteiger charge is 2.09. The summed E-state index contributed by atoms with van der Waals surface area (Å²) in [4.78, 5) is 24.0. The number of carbonyl (C=O) groups excluding carboxylic acids is 2. The van der Waals surface area contributed by atoms with Gasteiger partial charge in [-0.1, -0.05) is 30.7 Å². The Morgan fingerprint density at radius 2 is 1.68 bits per heavy atom. The average Bonchev–Trinajstić information content (AvgIpc) is 2.64. The molecule has 2 rings (SSSR count). The molecule has 0 aliphatic carbocycles. The molecule has 0 heterocycles. The maximum Gasteiger partial charge on any atom is 0.220 e. The fourth-order valence-corrected chi connectivity index (χ4v) is 2.35. The van der Waals surface area contributed by atoms with E-state index in [1.165, 1.54) is 0 Å². The van der Waals surface area contributed by atoms with Gasteiger partial charge >= 0.3 is 0 Å². The van der Waals surface area contributed by atoms with Crippen molar-refractivity contribution in [3.63, 3.8) is 0 Å². The predicted molar refractivity (Wildman–Crippen MR) is 99.1 cm³/mol. The number of ketones is 1. The molecule has 4 nitrogen and oxygen atoms in total. The first-order chi connectivity index (χ1) is 12.1. The van der Waals surface area contributed by atoms with E-state index < -0.39 is 0 Å². The van der Waals surface area contributed by atoms with Crippen LogP contribution in [0.3, 0.4) is 0 Å². The Balaban J connectivity index is 1.74. The van der Waals surface area contributed by atoms with E-state index in [0.717, 1.165) is 17.7 Å². The first-order valence-electron chi connectivity index (χ1n) is 8.35. The Kier molecular flexibility index (Phi) is 7.48. The number of ether oxygens (including phenoxy) is 1. The molecule has 2 aromatic carbocycles. The van der Waals surface area contributed by atoms with Gasteiger partial charge in [0.25, 0.3) is 0 Å². The van der Waals surface area contributed by atoms with Crippen LogP contribution in [0.25, 0.3) is 0 Å². The van der Waals surface area contributed by atoms with Crippen molar-refractivity contribution >= 4 is 23.3 Å². The third kappa shape index (κ3) is 6.59. The predicted octanol–water partition coefficient (Wildman–Crippen LogP) is 4.41. The molecule has 0 saturated heterocycles. The van der Waals surface area contributed by atoms with Crippen LogP contribution in [0.2, 0.25) is 5.02 Å². The molecule has 25 heavy (non-hydrogen) atoms. The molecular weight excluding hydrogens is 338 g/mol. The topological polar surface area (TPSA) is 55.4 Å². The molecule has 0 saturated carbocycles. The molecule has 5 heteroatoms. The number of carbonyl (C=O) groups is 2. The number of halogens is 1. The Labute approximate surface area is 153 Å². The van der Waals surface area contributed by atoms with Gasteiger partial charge in [0.1, 0.15) is 5.75 Å². The van der Waals surface area contributed by atoms with Gasteiger partial charge in [-0.15, -0.1) is 0 Å². The largest absolute Gasteiger partial charge is 0.494 e. The van der Waals surface area contributed by atoms with Gasteiger partial charge in [0.15, 0.2) is 5.78 Å². The smallest absolute Gasteiger partial charge is 0.220 e. The van der Waals surface area contributed by atoms with E-state index in [-0.39, 0.29) is 24.5 Å². The van der Waals surface area contributed by atoms with E-state index in [4.69, 9.17) is 16.3 Å². The number of nitrogens with one attached hydrogen (secondary N) is 1. The molecule has 0 atom stereocenters. The van der Waals surface area contributed by atoms with E-state index in [0.29, 0.717) is 23.7 Å². The summed E-state index contributed by atoms with van der Waals surface area (Å²) in [6.07, 6.45) is 1.29. The second-order valence-corrected chi connectivity index (χ2v) is 6.14. The fraction of sp³-hybridized carbons (Fsp3) is 0.300. The zero-order chi connectivity index (χ0) is 18.1. The van der Waals surface area contributed by atoms with Gasteiger partial charge < -0.3 is 10.1 Å². The van der Waals surface area contributed by atoms with Gasteiger partial charge in [0.05, 0.1) is 6.61 Å². The highest BCUT2D eigenvalue weighted by Crippen LogP contribution is 2.14. The maximum absolute atomic E-state index is 12.2. The molecule has 0 spiro atoms. The van der Waals surface area contributed by atoms with Crippen LogP contribution in [-0.4, -0.2) is 18.3 Å². The van der Waals surface area contributed by atoms with Crippen molar-refractivity contribution in [3.05, 3.63) is 64.7 Å². The van der Waals surface area contributed by atoms with Crippen LogP contribution in [0.1, 0.15) is 42.1 Å². The molecule has 0 radical (unpaired) electrons. The Morgan fingerprint density at radius 3 is 2.32 bits per heavy atom. The zero-order valence-corrected chi connectivity index (χ0v) is 15.0. The molecule has 0 fully saturated rings. The molecule has 132 valence electrons. The summed E-state index contributed by atoms with van der Waals surface area (Å²) in [5, 5.41) is 3.46. The van der Waals surface area contributed by atoms with Crippen molar-refractivity contribution in [2.75, 3.05) is 6.61 Å². The number of Topliss-reactive ketones (excluding diaryl/α,β-unsaturated/α-hetero) is 1. The van der Waals surface area contributed by atoms with Gasteiger partial charge in [-0.2, -0.15) is 0 Å². The molecule has 0 bridgehead atoms. The minimum absolute atomic E-state index is 0.0521. The van der Waals surface area contributed by atoms with E-state index in [9.17, 15) is 9.59 Å². The van der Waals surface area contributed by atoms with Crippen LogP contribution in [0.4, 0.5) is 0 Å². The first-order valence-corrected chi connectivity index (χ1v) is 8.73. The summed E-state index contributed by atoms with van der Waals surface area (Å²) < 4.78 is 5.49. The van der Waals surface area contributed by atoms with Gasteiger partial charge in [0.2, 0.25) is 5.91 Å². The van der Waals surface area contributed by atoms with Gasteiger partial charge in [-0.05, 0) is 48.4 Å². The Morgan fingerprint density at radius 1 is 1.00 bits per heavy atom. The summed E-state index contributed by atoms with van der Waals surface area (Å²) in [7, 11) is 0. The van der Waals surface area contributed by atoms with Crippen molar-refractivity contribution in [2.45, 2.75) is 32.7 Å². The normalized spacial score (nSPS) is 10.3. The lowest BCUT2D eigenvalue weighted by molar-refractivity contribution is -0.121. The maximum atomic E-state index is 12.2. The Hall–Kier alpha value is -2.33. The van der Waals surface area contributed by atoms with Crippen molar-refractivity contribution in [1.82, 2.24) is 5.32 Å². The van der Waals surface area contributed by atoms with E-state index in [2.05, 4.69) is 5.32 Å². The molecule has 2 aromatic rings. The lowest BCUT2D eigenvalue weighted by atomic mass is 10.1. The summed E-state index contributed by atoms with van der Waals surface area (Å²) in [5.41, 5.74) is 1.56. The molecule has 0 aliphatic heterocycles. The lowest BCUT2D eigenvalue weighted by Gasteiger charge is -2.07. The summed E-state index contributed by atoms with van der Waals surface area (Å²) in [6, 6.07) is 14.3. The number of amides is 1. The van der Waals surface area contributed by atoms with Gasteiger partial charge in [-0.3, -0.25) is 9.59 Å². The summed E-state index contributed by atoms with van der Waals surface area (Å²) >= 11 is 5.82. The van der Waals surface area contributed by atoms with Crippen LogP contribution in [0.15, 0.2) is 48.5 Å². The molecule has 1 N–H and O–H groups in total. The second-order valence-electron chi connectivity index (χ2n) is 5.70. The third-order valence-electron chi connectivity index (χ3n) is 3.63. The van der Waals surface area contributed by atoms with Crippen LogP contribution >= 0.6 is 11.6 Å². The molecule has 0 unspecified atom stereocenters. The van der Waals surface area contributed by atoms with E-state index in [1.807, 2.05) is 19.1 Å². The van der Waals surface area contributed by atoms with Crippen LogP contribution in [0, 0.1) is 0 Å². The SMILES string of the molecule is CCCOc1ccc(C(=O)CCC(=O)NCc2ccc(Cl)cc2)cc1. The van der Waals surface area contributed by atoms with Crippen LogP contribution in [0.5, 0.6) is 5.75 Å². The quantitative estimate of drug-likeness (QED) is 0.675. The van der Waals surface area contributed by atoms with Crippen LogP contribution < -0.4 is 10.1 Å². The molecule has 0 aliphatic rings. The highest BCUT2D eigenvalue weighted by atomic mass is 35.5. The molecule has 0 aromatic heterocycles. The summed E-state index contributed by atoms with van der Waals surface area (Å²) in [5.74, 6) is 0.550. The number of hydrogen-bond acceptors (Lipinski definition) is 3. The van der Waals surface area contributed by atoms with Crippen LogP contribution in [-0.2, 0) is 11.3 Å². The van der Waals surface area contributed by atoms with Crippen molar-refractivity contribution < 1.29 is 14.3 Å². The second kappa shape index (κ2) is 9.84. The zero-order valence-electron chi connectivity index (χ0n) is 14.3. The first kappa shape index (κ1) is 19.0. The van der Waals surface area contributed by atoms with Gasteiger partial charge in [-0.25, -0.2) is 0 Å². The number of rotatable bonds is 9. The van der Waals surface area contributed by atoms with E-state index >= 15 is 0 Å². The number of benzene rings is 2. The van der Waals surface area contributed by atoms with E-state index in [1.54, 1.807) is 36.4 Å². The van der Waals surface area contributed by atoms with Crippen molar-refractivity contribution in [1.29, 1.82) is 0 Å². The molecule has 1 amide bonds. The third-order valence-corrected chi connectivity index (χ3v) is 3.88.